The maximum Gasteiger partial charge on any atom is 0.294 e. The molecule has 4 rings (SSSR count). The quantitative estimate of drug-likeness (QED) is 0.413. The summed E-state index contributed by atoms with van der Waals surface area (Å²) in [6.07, 6.45) is 0. The van der Waals surface area contributed by atoms with Crippen LogP contribution in [0.5, 0.6) is 0 Å². The molecule has 34 heavy (non-hydrogen) atoms. The van der Waals surface area contributed by atoms with Crippen LogP contribution in [-0.4, -0.2) is 21.4 Å². The van der Waals surface area contributed by atoms with E-state index < -0.39 is 11.5 Å². The number of nitrogens with one attached hydrogen (secondary N) is 1. The second kappa shape index (κ2) is 10.1. The highest BCUT2D eigenvalue weighted by Crippen LogP contribution is 2.21. The van der Waals surface area contributed by atoms with E-state index in [0.717, 1.165) is 0 Å². The van der Waals surface area contributed by atoms with Gasteiger partial charge in [-0.2, -0.15) is 0 Å². The van der Waals surface area contributed by atoms with Crippen LogP contribution in [0.4, 0.5) is 11.5 Å². The van der Waals surface area contributed by atoms with Gasteiger partial charge in [0.2, 0.25) is 17.6 Å². The zero-order chi connectivity index (χ0) is 24.2. The van der Waals surface area contributed by atoms with Crippen molar-refractivity contribution in [2.45, 2.75) is 20.0 Å². The summed E-state index contributed by atoms with van der Waals surface area (Å²) in [4.78, 5) is 44.6. The predicted molar refractivity (Wildman–Crippen MR) is 134 cm³/mol. The van der Waals surface area contributed by atoms with E-state index in [4.69, 9.17) is 23.2 Å². The van der Waals surface area contributed by atoms with E-state index in [9.17, 15) is 14.4 Å². The van der Waals surface area contributed by atoms with Crippen molar-refractivity contribution in [1.29, 1.82) is 0 Å². The van der Waals surface area contributed by atoms with Crippen LogP contribution < -0.4 is 15.8 Å². The van der Waals surface area contributed by atoms with E-state index >= 15 is 0 Å². The number of benzene rings is 3. The maximum absolute atomic E-state index is 13.5. The standard InChI is InChI=1S/C25H20Cl2N4O3/c1-16(32)30(14-17-6-2-3-7-20(17)27)24-25(34)31(22-9-5-4-8-21(22)29-24)15-23(33)28-19-12-10-18(26)11-13-19/h2-13H,14-15H2,1H3,(H,28,33). The van der Waals surface area contributed by atoms with Crippen LogP contribution >= 0.6 is 23.2 Å². The van der Waals surface area contributed by atoms with Crippen molar-refractivity contribution in [1.82, 2.24) is 9.55 Å². The molecule has 0 aliphatic rings. The van der Waals surface area contributed by atoms with Crippen molar-refractivity contribution >= 4 is 57.6 Å². The highest BCUT2D eigenvalue weighted by Gasteiger charge is 2.22. The van der Waals surface area contributed by atoms with Crippen molar-refractivity contribution in [3.8, 4) is 0 Å². The molecule has 0 atom stereocenters. The second-order valence-corrected chi connectivity index (χ2v) is 8.41. The molecule has 0 bridgehead atoms. The van der Waals surface area contributed by atoms with Crippen LogP contribution in [-0.2, 0) is 22.7 Å². The van der Waals surface area contributed by atoms with Crippen LogP contribution in [0.3, 0.4) is 0 Å². The van der Waals surface area contributed by atoms with Gasteiger partial charge < -0.3 is 5.32 Å². The molecule has 2 amide bonds. The van der Waals surface area contributed by atoms with Crippen LogP contribution in [0.1, 0.15) is 12.5 Å². The lowest BCUT2D eigenvalue weighted by Gasteiger charge is -2.22. The van der Waals surface area contributed by atoms with Crippen molar-refractivity contribution in [2.24, 2.45) is 0 Å². The predicted octanol–water partition coefficient (Wildman–Crippen LogP) is 4.90. The second-order valence-electron chi connectivity index (χ2n) is 7.57. The molecule has 0 aliphatic heterocycles. The molecule has 7 nitrogen and oxygen atoms in total. The Morgan fingerprint density at radius 2 is 1.65 bits per heavy atom. The van der Waals surface area contributed by atoms with E-state index in [1.165, 1.54) is 16.4 Å². The minimum atomic E-state index is -0.563. The SMILES string of the molecule is CC(=O)N(Cc1ccccc1Cl)c1nc2ccccc2n(CC(=O)Nc2ccc(Cl)cc2)c1=O. The summed E-state index contributed by atoms with van der Waals surface area (Å²) >= 11 is 12.2. The van der Waals surface area contributed by atoms with Crippen molar-refractivity contribution in [3.63, 3.8) is 0 Å². The lowest BCUT2D eigenvalue weighted by atomic mass is 10.2. The summed E-state index contributed by atoms with van der Waals surface area (Å²) < 4.78 is 1.31. The number of rotatable bonds is 6. The number of amides is 2. The van der Waals surface area contributed by atoms with Crippen LogP contribution in [0.25, 0.3) is 11.0 Å². The molecule has 9 heteroatoms. The summed E-state index contributed by atoms with van der Waals surface area (Å²) in [6, 6.07) is 20.7. The number of para-hydroxylation sites is 2. The van der Waals surface area contributed by atoms with Crippen molar-refractivity contribution in [2.75, 3.05) is 10.2 Å². The van der Waals surface area contributed by atoms with E-state index in [-0.39, 0.29) is 24.8 Å². The van der Waals surface area contributed by atoms with Gasteiger partial charge in [0.1, 0.15) is 6.54 Å². The third-order valence-electron chi connectivity index (χ3n) is 5.19. The minimum absolute atomic E-state index is 0.0621. The van der Waals surface area contributed by atoms with Gasteiger partial charge in [-0.15, -0.1) is 0 Å². The van der Waals surface area contributed by atoms with Crippen LogP contribution in [0.2, 0.25) is 10.0 Å². The summed E-state index contributed by atoms with van der Waals surface area (Å²) in [6.45, 7) is 1.15. The lowest BCUT2D eigenvalue weighted by Crippen LogP contribution is -2.38. The normalized spacial score (nSPS) is 10.8. The Hall–Kier alpha value is -3.68. The van der Waals surface area contributed by atoms with E-state index in [1.807, 2.05) is 0 Å². The van der Waals surface area contributed by atoms with Crippen LogP contribution in [0.15, 0.2) is 77.6 Å². The molecule has 0 spiro atoms. The Labute approximate surface area is 205 Å². The number of nitrogens with zero attached hydrogens (tertiary/aromatic N) is 3. The number of hydrogen-bond donors (Lipinski definition) is 1. The van der Waals surface area contributed by atoms with Crippen molar-refractivity contribution in [3.05, 3.63) is 98.8 Å². The fourth-order valence-electron chi connectivity index (χ4n) is 3.52. The average Bonchev–Trinajstić information content (AvgIpc) is 2.82. The van der Waals surface area contributed by atoms with Gasteiger partial charge >= 0.3 is 0 Å². The highest BCUT2D eigenvalue weighted by atomic mass is 35.5. The molecule has 3 aromatic carbocycles. The maximum atomic E-state index is 13.5. The molecule has 0 saturated heterocycles. The fraction of sp³-hybridized carbons (Fsp3) is 0.120. The largest absolute Gasteiger partial charge is 0.325 e. The number of carbonyl (C=O) groups is 2. The zero-order valence-corrected chi connectivity index (χ0v) is 19.7. The smallest absolute Gasteiger partial charge is 0.294 e. The first-order valence-electron chi connectivity index (χ1n) is 10.4. The highest BCUT2D eigenvalue weighted by molar-refractivity contribution is 6.31. The molecule has 0 unspecified atom stereocenters. The molecule has 0 saturated carbocycles. The lowest BCUT2D eigenvalue weighted by molar-refractivity contribution is -0.117. The Morgan fingerprint density at radius 1 is 0.971 bits per heavy atom. The van der Waals surface area contributed by atoms with Crippen molar-refractivity contribution < 1.29 is 9.59 Å². The molecule has 1 heterocycles. The molecular formula is C25H20Cl2N4O3. The van der Waals surface area contributed by atoms with E-state index in [0.29, 0.717) is 32.3 Å². The summed E-state index contributed by atoms with van der Waals surface area (Å²) in [5.41, 5.74) is 1.60. The first-order chi connectivity index (χ1) is 16.3. The van der Waals surface area contributed by atoms with Gasteiger partial charge in [0.15, 0.2) is 0 Å². The number of carbonyl (C=O) groups excluding carboxylic acids is 2. The van der Waals surface area contributed by atoms with Gasteiger partial charge in [-0.05, 0) is 48.0 Å². The van der Waals surface area contributed by atoms with Gasteiger partial charge in [0, 0.05) is 22.7 Å². The topological polar surface area (TPSA) is 84.3 Å². The van der Waals surface area contributed by atoms with Gasteiger partial charge in [-0.3, -0.25) is 23.9 Å². The Morgan fingerprint density at radius 3 is 2.35 bits per heavy atom. The van der Waals surface area contributed by atoms with Gasteiger partial charge in [-0.1, -0.05) is 53.5 Å². The summed E-state index contributed by atoms with van der Waals surface area (Å²) in [7, 11) is 0. The molecule has 0 fully saturated rings. The minimum Gasteiger partial charge on any atom is -0.325 e. The number of anilines is 2. The third-order valence-corrected chi connectivity index (χ3v) is 5.81. The molecule has 0 radical (unpaired) electrons. The molecule has 1 aromatic heterocycles. The summed E-state index contributed by atoms with van der Waals surface area (Å²) in [5, 5.41) is 3.77. The fourth-order valence-corrected chi connectivity index (χ4v) is 3.84. The molecule has 0 aliphatic carbocycles. The van der Waals surface area contributed by atoms with E-state index in [1.54, 1.807) is 72.8 Å². The Kier molecular flexibility index (Phi) is 6.95. The van der Waals surface area contributed by atoms with Gasteiger partial charge in [-0.25, -0.2) is 4.98 Å². The summed E-state index contributed by atoms with van der Waals surface area (Å²) in [5.74, 6) is -0.866. The average molecular weight is 495 g/mol. The van der Waals surface area contributed by atoms with E-state index in [2.05, 4.69) is 10.3 Å². The first kappa shape index (κ1) is 23.5. The first-order valence-corrected chi connectivity index (χ1v) is 11.2. The zero-order valence-electron chi connectivity index (χ0n) is 18.2. The third kappa shape index (κ3) is 5.11. The number of hydrogen-bond acceptors (Lipinski definition) is 4. The molecule has 172 valence electrons. The Balaban J connectivity index is 1.75. The van der Waals surface area contributed by atoms with Crippen LogP contribution in [0, 0.1) is 0 Å². The van der Waals surface area contributed by atoms with Gasteiger partial charge in [0.05, 0.1) is 17.6 Å². The molecular weight excluding hydrogens is 475 g/mol. The molecule has 4 aromatic rings. The number of aromatic nitrogens is 2. The number of fused-ring (bicyclic) bond motifs is 1. The monoisotopic (exact) mass is 494 g/mol. The van der Waals surface area contributed by atoms with Gasteiger partial charge in [0.25, 0.3) is 5.56 Å². The Bertz CT molecular complexity index is 1430. The number of halogens is 2. The molecule has 1 N–H and O–H groups in total.